The highest BCUT2D eigenvalue weighted by Gasteiger charge is 2.20. The first-order valence-corrected chi connectivity index (χ1v) is 11.7. The zero-order chi connectivity index (χ0) is 22.3. The van der Waals surface area contributed by atoms with Crippen molar-refractivity contribution in [1.82, 2.24) is 15.2 Å². The summed E-state index contributed by atoms with van der Waals surface area (Å²) in [7, 11) is 1.61. The lowest BCUT2D eigenvalue weighted by molar-refractivity contribution is -0.120. The third-order valence-electron chi connectivity index (χ3n) is 5.56. The van der Waals surface area contributed by atoms with E-state index in [-0.39, 0.29) is 11.8 Å². The molecule has 0 radical (unpaired) electrons. The van der Waals surface area contributed by atoms with Crippen molar-refractivity contribution < 1.29 is 14.3 Å². The SMILES string of the molecule is COc1cccc(CC(=O)NCc2ccc(-c3nc(C(=O)N4CCCCC4)cs3)cc2)c1. The first-order valence-electron chi connectivity index (χ1n) is 10.9. The van der Waals surface area contributed by atoms with Crippen molar-refractivity contribution >= 4 is 23.2 Å². The number of amides is 2. The van der Waals surface area contributed by atoms with Crippen molar-refractivity contribution in [3.05, 3.63) is 70.7 Å². The average Bonchev–Trinajstić information content (AvgIpc) is 3.33. The first-order chi connectivity index (χ1) is 15.6. The Morgan fingerprint density at radius 1 is 1.06 bits per heavy atom. The lowest BCUT2D eigenvalue weighted by Gasteiger charge is -2.25. The van der Waals surface area contributed by atoms with Gasteiger partial charge < -0.3 is 15.0 Å². The fraction of sp³-hybridized carbons (Fsp3) is 0.320. The maximum atomic E-state index is 12.6. The molecule has 1 saturated heterocycles. The van der Waals surface area contributed by atoms with Gasteiger partial charge in [0.15, 0.2) is 0 Å². The van der Waals surface area contributed by atoms with Crippen molar-refractivity contribution in [2.24, 2.45) is 0 Å². The van der Waals surface area contributed by atoms with Crippen molar-refractivity contribution in [2.45, 2.75) is 32.2 Å². The standard InChI is InChI=1S/C25H27N3O3S/c1-31-21-7-5-6-19(14-21)15-23(29)26-16-18-8-10-20(11-9-18)24-27-22(17-32-24)25(30)28-12-3-2-4-13-28/h5-11,14,17H,2-4,12-13,15-16H2,1H3,(H,26,29). The van der Waals surface area contributed by atoms with Gasteiger partial charge in [-0.2, -0.15) is 0 Å². The van der Waals surface area contributed by atoms with E-state index in [0.717, 1.165) is 53.4 Å². The van der Waals surface area contributed by atoms with Crippen molar-refractivity contribution in [1.29, 1.82) is 0 Å². The van der Waals surface area contributed by atoms with Crippen LogP contribution in [-0.2, 0) is 17.8 Å². The van der Waals surface area contributed by atoms with Gasteiger partial charge in [0, 0.05) is 30.6 Å². The van der Waals surface area contributed by atoms with Crippen LogP contribution in [-0.4, -0.2) is 41.9 Å². The van der Waals surface area contributed by atoms with Crippen LogP contribution in [0.4, 0.5) is 0 Å². The molecular weight excluding hydrogens is 422 g/mol. The van der Waals surface area contributed by atoms with Gasteiger partial charge in [-0.25, -0.2) is 4.98 Å². The summed E-state index contributed by atoms with van der Waals surface area (Å²) in [6, 6.07) is 15.4. The third-order valence-corrected chi connectivity index (χ3v) is 6.45. The number of carbonyl (C=O) groups excluding carboxylic acids is 2. The van der Waals surface area contributed by atoms with Crippen LogP contribution >= 0.6 is 11.3 Å². The van der Waals surface area contributed by atoms with Crippen molar-refractivity contribution in [3.8, 4) is 16.3 Å². The number of rotatable bonds is 7. The molecule has 3 aromatic rings. The van der Waals surface area contributed by atoms with Crippen LogP contribution in [0.3, 0.4) is 0 Å². The van der Waals surface area contributed by atoms with Gasteiger partial charge in [-0.1, -0.05) is 36.4 Å². The maximum absolute atomic E-state index is 12.6. The summed E-state index contributed by atoms with van der Waals surface area (Å²) < 4.78 is 5.20. The Labute approximate surface area is 192 Å². The van der Waals surface area contributed by atoms with Crippen LogP contribution in [0.5, 0.6) is 5.75 Å². The number of benzene rings is 2. The molecule has 2 aromatic carbocycles. The van der Waals surface area contributed by atoms with Crippen LogP contribution in [0.1, 0.15) is 40.9 Å². The summed E-state index contributed by atoms with van der Waals surface area (Å²) in [5.41, 5.74) is 3.42. The van der Waals surface area contributed by atoms with Gasteiger partial charge in [0.25, 0.3) is 5.91 Å². The Morgan fingerprint density at radius 2 is 1.84 bits per heavy atom. The molecule has 1 aliphatic heterocycles. The Morgan fingerprint density at radius 3 is 2.59 bits per heavy atom. The lowest BCUT2D eigenvalue weighted by atomic mass is 10.1. The summed E-state index contributed by atoms with van der Waals surface area (Å²) in [5.74, 6) is 0.736. The summed E-state index contributed by atoms with van der Waals surface area (Å²) in [4.78, 5) is 31.4. The van der Waals surface area contributed by atoms with E-state index in [1.165, 1.54) is 17.8 Å². The number of aromatic nitrogens is 1. The lowest BCUT2D eigenvalue weighted by Crippen LogP contribution is -2.35. The van der Waals surface area contributed by atoms with E-state index in [1.54, 1.807) is 7.11 Å². The number of thiazole rings is 1. The molecule has 4 rings (SSSR count). The molecule has 1 aromatic heterocycles. The molecular formula is C25H27N3O3S. The molecule has 0 bridgehead atoms. The minimum atomic E-state index is -0.0388. The van der Waals surface area contributed by atoms with Gasteiger partial charge in [0.05, 0.1) is 13.5 Å². The second-order valence-corrected chi connectivity index (χ2v) is 8.75. The number of nitrogens with zero attached hydrogens (tertiary/aromatic N) is 2. The Bertz CT molecular complexity index is 1070. The molecule has 166 valence electrons. The molecule has 2 heterocycles. The van der Waals surface area contributed by atoms with Crippen LogP contribution < -0.4 is 10.1 Å². The van der Waals surface area contributed by atoms with E-state index in [0.29, 0.717) is 18.7 Å². The summed E-state index contributed by atoms with van der Waals surface area (Å²) in [6.07, 6.45) is 3.64. The van der Waals surface area contributed by atoms with Gasteiger partial charge in [-0.3, -0.25) is 9.59 Å². The smallest absolute Gasteiger partial charge is 0.273 e. The number of hydrogen-bond donors (Lipinski definition) is 1. The maximum Gasteiger partial charge on any atom is 0.273 e. The number of hydrogen-bond acceptors (Lipinski definition) is 5. The molecule has 0 spiro atoms. The number of nitrogens with one attached hydrogen (secondary N) is 1. The first kappa shape index (κ1) is 22.0. The minimum Gasteiger partial charge on any atom is -0.497 e. The number of likely N-dealkylation sites (tertiary alicyclic amines) is 1. The summed E-state index contributed by atoms with van der Waals surface area (Å²) in [5, 5.41) is 5.64. The fourth-order valence-corrected chi connectivity index (χ4v) is 4.56. The molecule has 7 heteroatoms. The number of piperidine rings is 1. The Hall–Kier alpha value is -3.19. The van der Waals surface area contributed by atoms with Gasteiger partial charge in [0.2, 0.25) is 5.91 Å². The number of carbonyl (C=O) groups is 2. The van der Waals surface area contributed by atoms with Crippen LogP contribution in [0, 0.1) is 0 Å². The van der Waals surface area contributed by atoms with E-state index in [1.807, 2.05) is 58.8 Å². The van der Waals surface area contributed by atoms with Crippen LogP contribution in [0.15, 0.2) is 53.9 Å². The van der Waals surface area contributed by atoms with Gasteiger partial charge in [-0.15, -0.1) is 11.3 Å². The topological polar surface area (TPSA) is 71.5 Å². The number of ether oxygens (including phenoxy) is 1. The van der Waals surface area contributed by atoms with E-state index < -0.39 is 0 Å². The second kappa shape index (κ2) is 10.4. The van der Waals surface area contributed by atoms with Crippen molar-refractivity contribution in [3.63, 3.8) is 0 Å². The normalized spacial score (nSPS) is 13.6. The predicted molar refractivity (Wildman–Crippen MR) is 126 cm³/mol. The van der Waals surface area contributed by atoms with Crippen LogP contribution in [0.2, 0.25) is 0 Å². The van der Waals surface area contributed by atoms with Crippen molar-refractivity contribution in [2.75, 3.05) is 20.2 Å². The molecule has 1 fully saturated rings. The van der Waals surface area contributed by atoms with E-state index >= 15 is 0 Å². The molecule has 0 saturated carbocycles. The molecule has 32 heavy (non-hydrogen) atoms. The second-order valence-electron chi connectivity index (χ2n) is 7.89. The van der Waals surface area contributed by atoms with Gasteiger partial charge in [0.1, 0.15) is 16.5 Å². The zero-order valence-electron chi connectivity index (χ0n) is 18.2. The van der Waals surface area contributed by atoms with Gasteiger partial charge in [-0.05, 0) is 42.5 Å². The molecule has 2 amide bonds. The predicted octanol–water partition coefficient (Wildman–Crippen LogP) is 4.30. The zero-order valence-corrected chi connectivity index (χ0v) is 19.0. The molecule has 1 N–H and O–H groups in total. The highest BCUT2D eigenvalue weighted by molar-refractivity contribution is 7.13. The third kappa shape index (κ3) is 5.53. The minimum absolute atomic E-state index is 0.0302. The molecule has 0 unspecified atom stereocenters. The largest absolute Gasteiger partial charge is 0.497 e. The molecule has 0 atom stereocenters. The van der Waals surface area contributed by atoms with Crippen LogP contribution in [0.25, 0.3) is 10.6 Å². The summed E-state index contributed by atoms with van der Waals surface area (Å²) in [6.45, 7) is 2.10. The highest BCUT2D eigenvalue weighted by atomic mass is 32.1. The summed E-state index contributed by atoms with van der Waals surface area (Å²) >= 11 is 1.48. The van der Waals surface area contributed by atoms with E-state index in [2.05, 4.69) is 10.3 Å². The quantitative estimate of drug-likeness (QED) is 0.584. The molecule has 0 aliphatic carbocycles. The molecule has 6 nitrogen and oxygen atoms in total. The van der Waals surface area contributed by atoms with E-state index in [4.69, 9.17) is 4.74 Å². The van der Waals surface area contributed by atoms with E-state index in [9.17, 15) is 9.59 Å². The van der Waals surface area contributed by atoms with Gasteiger partial charge >= 0.3 is 0 Å². The fourth-order valence-electron chi connectivity index (χ4n) is 3.76. The average molecular weight is 450 g/mol. The monoisotopic (exact) mass is 449 g/mol. The molecule has 1 aliphatic rings. The Balaban J connectivity index is 1.31. The Kier molecular flexibility index (Phi) is 7.17. The number of methoxy groups -OCH3 is 1. The highest BCUT2D eigenvalue weighted by Crippen LogP contribution is 2.25.